The molecule has 0 saturated heterocycles. The van der Waals surface area contributed by atoms with Crippen LogP contribution >= 0.6 is 0 Å². The summed E-state index contributed by atoms with van der Waals surface area (Å²) in [4.78, 5) is 21.4. The van der Waals surface area contributed by atoms with Gasteiger partial charge in [0.1, 0.15) is 11.4 Å². The molecule has 4 aromatic rings. The fourth-order valence-corrected chi connectivity index (χ4v) is 3.89. The van der Waals surface area contributed by atoms with Crippen LogP contribution in [0.15, 0.2) is 53.6 Å². The van der Waals surface area contributed by atoms with Crippen molar-refractivity contribution in [3.8, 4) is 29.2 Å². The van der Waals surface area contributed by atoms with Crippen LogP contribution in [0.25, 0.3) is 22.0 Å². The normalized spacial score (nSPS) is 11.7. The van der Waals surface area contributed by atoms with Gasteiger partial charge in [-0.3, -0.25) is 14.2 Å². The van der Waals surface area contributed by atoms with E-state index in [9.17, 15) is 18.7 Å². The van der Waals surface area contributed by atoms with Gasteiger partial charge in [-0.05, 0) is 49.2 Å². The lowest BCUT2D eigenvalue weighted by Gasteiger charge is -2.16. The van der Waals surface area contributed by atoms with E-state index in [-0.39, 0.29) is 23.7 Å². The highest BCUT2D eigenvalue weighted by Gasteiger charge is 2.20. The molecule has 4 rings (SSSR count). The Bertz CT molecular complexity index is 1480. The topological polar surface area (TPSA) is 82.2 Å². The molecule has 0 aliphatic rings. The summed E-state index contributed by atoms with van der Waals surface area (Å²) in [5.41, 5.74) is 1.89. The third kappa shape index (κ3) is 4.93. The third-order valence-electron chi connectivity index (χ3n) is 5.66. The predicted molar refractivity (Wildman–Crippen MR) is 128 cm³/mol. The molecule has 180 valence electrons. The predicted octanol–water partition coefficient (Wildman–Crippen LogP) is 3.85. The first kappa shape index (κ1) is 24.1. The minimum Gasteiger partial charge on any atom is -0.434 e. The SMILES string of the molecule is C#CCc1ccc(OC(F)F)c(Cn2c3cc(-c4cnc(C(C)(C)O)nc4)ccc3c(=O)n2C)c1. The van der Waals surface area contributed by atoms with Gasteiger partial charge < -0.3 is 9.84 Å². The molecule has 0 amide bonds. The van der Waals surface area contributed by atoms with Crippen molar-refractivity contribution in [1.82, 2.24) is 19.3 Å². The maximum Gasteiger partial charge on any atom is 0.387 e. The standard InChI is InChI=1S/C26H24F2N4O3/c1-5-6-16-7-10-22(35-25(27)28)18(11-16)15-32-21-12-17(8-9-20(21)23(33)31(32)4)19-13-29-24(30-14-19)26(2,3)34/h1,7-14,25,34H,6,15H2,2-4H3. The monoisotopic (exact) mass is 478 g/mol. The summed E-state index contributed by atoms with van der Waals surface area (Å²) in [6.07, 6.45) is 8.95. The summed E-state index contributed by atoms with van der Waals surface area (Å²) >= 11 is 0. The molecule has 2 heterocycles. The number of rotatable bonds is 7. The molecule has 2 aromatic heterocycles. The van der Waals surface area contributed by atoms with Gasteiger partial charge in [-0.1, -0.05) is 12.1 Å². The molecule has 0 radical (unpaired) electrons. The Morgan fingerprint density at radius 1 is 1.14 bits per heavy atom. The number of halogens is 2. The second kappa shape index (κ2) is 9.31. The Labute approximate surface area is 200 Å². The number of fused-ring (bicyclic) bond motifs is 1. The Balaban J connectivity index is 1.80. The van der Waals surface area contributed by atoms with E-state index in [1.54, 1.807) is 62.2 Å². The Morgan fingerprint density at radius 3 is 2.49 bits per heavy atom. The van der Waals surface area contributed by atoms with Crippen molar-refractivity contribution < 1.29 is 18.6 Å². The maximum absolute atomic E-state index is 13.0. The fourth-order valence-electron chi connectivity index (χ4n) is 3.89. The van der Waals surface area contributed by atoms with E-state index in [0.717, 1.165) is 11.1 Å². The average Bonchev–Trinajstić information content (AvgIpc) is 3.04. The molecule has 7 nitrogen and oxygen atoms in total. The first-order valence-corrected chi connectivity index (χ1v) is 10.8. The average molecular weight is 478 g/mol. The van der Waals surface area contributed by atoms with E-state index >= 15 is 0 Å². The Morgan fingerprint density at radius 2 is 1.86 bits per heavy atom. The van der Waals surface area contributed by atoms with Gasteiger partial charge in [-0.2, -0.15) is 8.78 Å². The molecule has 0 saturated carbocycles. The van der Waals surface area contributed by atoms with Crippen LogP contribution in [0.3, 0.4) is 0 Å². The molecule has 9 heteroatoms. The van der Waals surface area contributed by atoms with E-state index in [1.165, 1.54) is 10.7 Å². The van der Waals surface area contributed by atoms with Crippen molar-refractivity contribution in [2.45, 2.75) is 39.0 Å². The molecule has 0 bridgehead atoms. The zero-order valence-electron chi connectivity index (χ0n) is 19.5. The largest absolute Gasteiger partial charge is 0.434 e. The fraction of sp³-hybridized carbons (Fsp3) is 0.269. The van der Waals surface area contributed by atoms with Crippen LogP contribution in [0.4, 0.5) is 8.78 Å². The zero-order chi connectivity index (χ0) is 25.3. The Hall–Kier alpha value is -4.03. The highest BCUT2D eigenvalue weighted by molar-refractivity contribution is 5.84. The smallest absolute Gasteiger partial charge is 0.387 e. The molecule has 0 spiro atoms. The van der Waals surface area contributed by atoms with Crippen molar-refractivity contribution >= 4 is 10.9 Å². The Kier molecular flexibility index (Phi) is 6.41. The molecular formula is C26H24F2N4O3. The summed E-state index contributed by atoms with van der Waals surface area (Å²) in [7, 11) is 1.61. The van der Waals surface area contributed by atoms with Crippen LogP contribution < -0.4 is 10.3 Å². The van der Waals surface area contributed by atoms with Crippen LogP contribution in [0, 0.1) is 12.3 Å². The quantitative estimate of drug-likeness (QED) is 0.408. The number of aliphatic hydroxyl groups is 1. The van der Waals surface area contributed by atoms with Gasteiger partial charge in [-0.25, -0.2) is 9.97 Å². The van der Waals surface area contributed by atoms with E-state index in [2.05, 4.69) is 15.9 Å². The number of alkyl halides is 2. The molecule has 35 heavy (non-hydrogen) atoms. The van der Waals surface area contributed by atoms with Crippen molar-refractivity contribution in [2.75, 3.05) is 0 Å². The van der Waals surface area contributed by atoms with Gasteiger partial charge in [0.25, 0.3) is 5.56 Å². The number of ether oxygens (including phenoxy) is 1. The third-order valence-corrected chi connectivity index (χ3v) is 5.66. The second-order valence-electron chi connectivity index (χ2n) is 8.67. The lowest BCUT2D eigenvalue weighted by atomic mass is 10.1. The van der Waals surface area contributed by atoms with Crippen molar-refractivity contribution in [2.24, 2.45) is 7.05 Å². The van der Waals surface area contributed by atoms with Crippen LogP contribution in [0.1, 0.15) is 30.8 Å². The van der Waals surface area contributed by atoms with E-state index in [1.807, 2.05) is 6.07 Å². The first-order valence-electron chi connectivity index (χ1n) is 10.8. The van der Waals surface area contributed by atoms with E-state index in [4.69, 9.17) is 11.2 Å². The van der Waals surface area contributed by atoms with Gasteiger partial charge in [0.2, 0.25) is 0 Å². The summed E-state index contributed by atoms with van der Waals surface area (Å²) in [5, 5.41) is 10.6. The molecule has 2 aromatic carbocycles. The molecule has 0 unspecified atom stereocenters. The summed E-state index contributed by atoms with van der Waals surface area (Å²) in [6.45, 7) is 0.312. The van der Waals surface area contributed by atoms with Gasteiger partial charge in [0.15, 0.2) is 5.82 Å². The first-order chi connectivity index (χ1) is 16.6. The molecular weight excluding hydrogens is 454 g/mol. The number of nitrogens with zero attached hydrogens (tertiary/aromatic N) is 4. The minimum absolute atomic E-state index is 0.0156. The zero-order valence-corrected chi connectivity index (χ0v) is 19.5. The van der Waals surface area contributed by atoms with Crippen molar-refractivity contribution in [3.63, 3.8) is 0 Å². The molecule has 0 atom stereocenters. The van der Waals surface area contributed by atoms with Gasteiger partial charge in [0.05, 0.1) is 17.4 Å². The number of benzene rings is 2. The number of hydrogen-bond donors (Lipinski definition) is 1. The number of hydrogen-bond acceptors (Lipinski definition) is 5. The van der Waals surface area contributed by atoms with Gasteiger partial charge >= 0.3 is 6.61 Å². The van der Waals surface area contributed by atoms with E-state index < -0.39 is 12.2 Å². The van der Waals surface area contributed by atoms with Crippen LogP contribution in [0.2, 0.25) is 0 Å². The van der Waals surface area contributed by atoms with Crippen molar-refractivity contribution in [1.29, 1.82) is 0 Å². The number of aromatic nitrogens is 4. The van der Waals surface area contributed by atoms with Gasteiger partial charge in [-0.15, -0.1) is 12.3 Å². The minimum atomic E-state index is -2.99. The second-order valence-corrected chi connectivity index (χ2v) is 8.67. The molecule has 1 N–H and O–H groups in total. The molecule has 0 aliphatic carbocycles. The van der Waals surface area contributed by atoms with Crippen molar-refractivity contribution in [3.05, 3.63) is 76.1 Å². The van der Waals surface area contributed by atoms with Crippen LogP contribution in [0.5, 0.6) is 5.75 Å². The lowest BCUT2D eigenvalue weighted by molar-refractivity contribution is -0.0505. The summed E-state index contributed by atoms with van der Waals surface area (Å²) in [5.74, 6) is 2.85. The van der Waals surface area contributed by atoms with Gasteiger partial charge in [0, 0.05) is 37.0 Å². The highest BCUT2D eigenvalue weighted by Crippen LogP contribution is 2.27. The van der Waals surface area contributed by atoms with Crippen LogP contribution in [-0.4, -0.2) is 31.0 Å². The molecule has 0 fully saturated rings. The van der Waals surface area contributed by atoms with Crippen LogP contribution in [-0.2, 0) is 25.6 Å². The summed E-state index contributed by atoms with van der Waals surface area (Å²) in [6, 6.07) is 10.1. The summed E-state index contributed by atoms with van der Waals surface area (Å²) < 4.78 is 33.9. The molecule has 0 aliphatic heterocycles. The number of terminal acetylenes is 1. The lowest BCUT2D eigenvalue weighted by Crippen LogP contribution is -2.20. The van der Waals surface area contributed by atoms with E-state index in [0.29, 0.717) is 28.5 Å². The maximum atomic E-state index is 13.0. The highest BCUT2D eigenvalue weighted by atomic mass is 19.3.